The molecular weight excluding hydrogens is 280 g/mol. The average Bonchev–Trinajstić information content (AvgIpc) is 2.59. The SMILES string of the molecule is CCC(=O)C[C@]1(C)C[C@H](O)C=C1CO[Si](C)(C)C(C)(C)C. The maximum Gasteiger partial charge on any atom is 0.192 e. The van der Waals surface area contributed by atoms with Crippen LogP contribution in [0.25, 0.3) is 0 Å². The van der Waals surface area contributed by atoms with Gasteiger partial charge in [-0.15, -0.1) is 0 Å². The molecule has 0 bridgehead atoms. The van der Waals surface area contributed by atoms with E-state index < -0.39 is 14.4 Å². The first kappa shape index (κ1) is 18.6. The zero-order valence-electron chi connectivity index (χ0n) is 14.7. The van der Waals surface area contributed by atoms with Crippen molar-refractivity contribution < 1.29 is 14.3 Å². The molecule has 1 N–H and O–H groups in total. The van der Waals surface area contributed by atoms with E-state index in [0.717, 1.165) is 5.57 Å². The molecule has 1 aliphatic rings. The van der Waals surface area contributed by atoms with Crippen molar-refractivity contribution in [3.63, 3.8) is 0 Å². The normalized spacial score (nSPS) is 26.9. The van der Waals surface area contributed by atoms with Crippen LogP contribution in [0.4, 0.5) is 0 Å². The lowest BCUT2D eigenvalue weighted by Gasteiger charge is -2.38. The largest absolute Gasteiger partial charge is 0.413 e. The minimum Gasteiger partial charge on any atom is -0.413 e. The highest BCUT2D eigenvalue weighted by Crippen LogP contribution is 2.44. The average molecular weight is 313 g/mol. The first-order valence-electron chi connectivity index (χ1n) is 7.96. The Morgan fingerprint density at radius 2 is 2.05 bits per heavy atom. The number of aliphatic hydroxyl groups excluding tert-OH is 1. The number of carbonyl (C=O) groups is 1. The Labute approximate surface area is 130 Å². The molecule has 0 fully saturated rings. The summed E-state index contributed by atoms with van der Waals surface area (Å²) in [6.07, 6.45) is 3.15. The number of hydrogen-bond acceptors (Lipinski definition) is 3. The van der Waals surface area contributed by atoms with Crippen LogP contribution in [0.3, 0.4) is 0 Å². The molecule has 0 aromatic rings. The summed E-state index contributed by atoms with van der Waals surface area (Å²) in [6, 6.07) is 0. The summed E-state index contributed by atoms with van der Waals surface area (Å²) >= 11 is 0. The second kappa shape index (κ2) is 6.35. The second-order valence-corrected chi connectivity index (χ2v) is 13.0. The Hall–Kier alpha value is -0.453. The number of ketones is 1. The summed E-state index contributed by atoms with van der Waals surface area (Å²) in [4.78, 5) is 11.8. The van der Waals surface area contributed by atoms with Crippen LogP contribution < -0.4 is 0 Å². The summed E-state index contributed by atoms with van der Waals surface area (Å²) in [7, 11) is -1.81. The van der Waals surface area contributed by atoms with Crippen LogP contribution in [0, 0.1) is 5.41 Å². The minimum absolute atomic E-state index is 0.167. The van der Waals surface area contributed by atoms with Gasteiger partial charge in [-0.2, -0.15) is 0 Å². The predicted molar refractivity (Wildman–Crippen MR) is 89.9 cm³/mol. The van der Waals surface area contributed by atoms with Crippen molar-refractivity contribution in [2.24, 2.45) is 5.41 Å². The second-order valence-electron chi connectivity index (χ2n) is 8.14. The van der Waals surface area contributed by atoms with E-state index in [9.17, 15) is 9.90 Å². The molecule has 1 rings (SSSR count). The maximum absolute atomic E-state index is 11.8. The molecular formula is C17H32O3Si. The van der Waals surface area contributed by atoms with Crippen molar-refractivity contribution in [1.29, 1.82) is 0 Å². The fourth-order valence-corrected chi connectivity index (χ4v) is 3.48. The van der Waals surface area contributed by atoms with Crippen LogP contribution in [0.1, 0.15) is 53.9 Å². The van der Waals surface area contributed by atoms with Crippen molar-refractivity contribution in [2.45, 2.75) is 78.1 Å². The quantitative estimate of drug-likeness (QED) is 0.594. The fourth-order valence-electron chi connectivity index (χ4n) is 2.53. The van der Waals surface area contributed by atoms with E-state index in [2.05, 4.69) is 40.8 Å². The lowest BCUT2D eigenvalue weighted by Crippen LogP contribution is -2.42. The molecule has 0 saturated carbocycles. The zero-order chi connectivity index (χ0) is 16.5. The number of rotatable bonds is 6. The standard InChI is InChI=1S/C17H32O3Si/c1-8-14(18)10-17(5)11-15(19)9-13(17)12-20-21(6,7)16(2,3)4/h9,15,19H,8,10-12H2,1-7H3/t15-,17-/m1/s1. The van der Waals surface area contributed by atoms with Crippen LogP contribution in [0.15, 0.2) is 11.6 Å². The molecule has 21 heavy (non-hydrogen) atoms. The lowest BCUT2D eigenvalue weighted by atomic mass is 9.78. The number of hydrogen-bond donors (Lipinski definition) is 1. The Balaban J connectivity index is 2.80. The van der Waals surface area contributed by atoms with Gasteiger partial charge < -0.3 is 9.53 Å². The van der Waals surface area contributed by atoms with Crippen molar-refractivity contribution in [3.05, 3.63) is 11.6 Å². The van der Waals surface area contributed by atoms with E-state index in [1.807, 2.05) is 13.0 Å². The maximum atomic E-state index is 11.8. The molecule has 0 aromatic carbocycles. The van der Waals surface area contributed by atoms with Gasteiger partial charge in [0.1, 0.15) is 5.78 Å². The topological polar surface area (TPSA) is 46.5 Å². The van der Waals surface area contributed by atoms with Crippen molar-refractivity contribution in [2.75, 3.05) is 6.61 Å². The molecule has 3 nitrogen and oxygen atoms in total. The highest BCUT2D eigenvalue weighted by atomic mass is 28.4. The first-order valence-corrected chi connectivity index (χ1v) is 10.9. The summed E-state index contributed by atoms with van der Waals surface area (Å²) in [6.45, 7) is 15.6. The Kier molecular flexibility index (Phi) is 5.62. The van der Waals surface area contributed by atoms with Crippen LogP contribution in [0.2, 0.25) is 18.1 Å². The van der Waals surface area contributed by atoms with E-state index >= 15 is 0 Å². The highest BCUT2D eigenvalue weighted by molar-refractivity contribution is 6.74. The van der Waals surface area contributed by atoms with Gasteiger partial charge in [0.15, 0.2) is 8.32 Å². The van der Waals surface area contributed by atoms with Gasteiger partial charge in [0.05, 0.1) is 12.7 Å². The Morgan fingerprint density at radius 3 is 2.52 bits per heavy atom. The van der Waals surface area contributed by atoms with Crippen molar-refractivity contribution >= 4 is 14.1 Å². The van der Waals surface area contributed by atoms with Gasteiger partial charge in [0.25, 0.3) is 0 Å². The van der Waals surface area contributed by atoms with Crippen LogP contribution in [-0.4, -0.2) is 31.9 Å². The molecule has 1 aliphatic carbocycles. The fraction of sp³-hybridized carbons (Fsp3) is 0.824. The molecule has 0 saturated heterocycles. The molecule has 0 unspecified atom stereocenters. The smallest absolute Gasteiger partial charge is 0.192 e. The van der Waals surface area contributed by atoms with Gasteiger partial charge in [-0.3, -0.25) is 4.79 Å². The third-order valence-corrected chi connectivity index (χ3v) is 9.68. The van der Waals surface area contributed by atoms with E-state index in [4.69, 9.17) is 4.43 Å². The van der Waals surface area contributed by atoms with E-state index in [1.54, 1.807) is 0 Å². The first-order chi connectivity index (χ1) is 9.41. The third-order valence-electron chi connectivity index (χ3n) is 5.20. The minimum atomic E-state index is -1.81. The van der Waals surface area contributed by atoms with Crippen LogP contribution in [-0.2, 0) is 9.22 Å². The molecule has 0 aliphatic heterocycles. The molecule has 0 amide bonds. The molecule has 0 heterocycles. The van der Waals surface area contributed by atoms with Crippen LogP contribution in [0.5, 0.6) is 0 Å². The van der Waals surface area contributed by atoms with Gasteiger partial charge >= 0.3 is 0 Å². The number of aliphatic hydroxyl groups is 1. The summed E-state index contributed by atoms with van der Waals surface area (Å²) in [5.74, 6) is 0.254. The number of carbonyl (C=O) groups excluding carboxylic acids is 1. The van der Waals surface area contributed by atoms with Crippen LogP contribution >= 0.6 is 0 Å². The van der Waals surface area contributed by atoms with Gasteiger partial charge in [-0.05, 0) is 30.1 Å². The molecule has 122 valence electrons. The van der Waals surface area contributed by atoms with Gasteiger partial charge in [-0.25, -0.2) is 0 Å². The van der Waals surface area contributed by atoms with Crippen molar-refractivity contribution in [3.8, 4) is 0 Å². The molecule has 2 atom stereocenters. The van der Waals surface area contributed by atoms with Gasteiger partial charge in [-0.1, -0.05) is 40.7 Å². The van der Waals surface area contributed by atoms with E-state index in [0.29, 0.717) is 25.9 Å². The lowest BCUT2D eigenvalue weighted by molar-refractivity contribution is -0.120. The summed E-state index contributed by atoms with van der Waals surface area (Å²) in [5, 5.41) is 10.1. The summed E-state index contributed by atoms with van der Waals surface area (Å²) in [5.41, 5.74) is 0.858. The van der Waals surface area contributed by atoms with E-state index in [1.165, 1.54) is 0 Å². The third kappa shape index (κ3) is 4.51. The van der Waals surface area contributed by atoms with Gasteiger partial charge in [0, 0.05) is 18.3 Å². The Bertz CT molecular complexity index is 420. The summed E-state index contributed by atoms with van der Waals surface area (Å²) < 4.78 is 6.29. The van der Waals surface area contributed by atoms with E-state index in [-0.39, 0.29) is 16.2 Å². The van der Waals surface area contributed by atoms with Crippen molar-refractivity contribution in [1.82, 2.24) is 0 Å². The molecule has 4 heteroatoms. The highest BCUT2D eigenvalue weighted by Gasteiger charge is 2.41. The predicted octanol–water partition coefficient (Wildman–Crippen LogP) is 4.07. The monoisotopic (exact) mass is 312 g/mol. The number of Topliss-reactive ketones (excluding diaryl/α,β-unsaturated/α-hetero) is 1. The molecule has 0 spiro atoms. The molecule has 0 radical (unpaired) electrons. The molecule has 0 aromatic heterocycles. The Morgan fingerprint density at radius 1 is 1.48 bits per heavy atom. The van der Waals surface area contributed by atoms with Gasteiger partial charge in [0.2, 0.25) is 0 Å². The zero-order valence-corrected chi connectivity index (χ0v) is 15.7.